The van der Waals surface area contributed by atoms with Crippen molar-refractivity contribution in [2.75, 3.05) is 13.1 Å². The van der Waals surface area contributed by atoms with Crippen molar-refractivity contribution in [2.24, 2.45) is 0 Å². The topological polar surface area (TPSA) is 33.2 Å². The number of benzene rings is 1. The van der Waals surface area contributed by atoms with Crippen LogP contribution in [0.4, 0.5) is 4.39 Å². The maximum atomic E-state index is 13.1. The Kier molecular flexibility index (Phi) is 4.70. The first-order chi connectivity index (χ1) is 12.6. The number of aryl methyl sites for hydroxylation is 1. The van der Waals surface area contributed by atoms with E-state index in [9.17, 15) is 9.18 Å². The predicted molar refractivity (Wildman–Crippen MR) is 105 cm³/mol. The van der Waals surface area contributed by atoms with Gasteiger partial charge in [0.05, 0.1) is 5.69 Å². The minimum atomic E-state index is -0.232. The van der Waals surface area contributed by atoms with Gasteiger partial charge in [-0.05, 0) is 48.1 Å². The standard InChI is InChI=1S/C20H17FN2OS2/c1-13-18(26-19(22-13)16-8-11-25-12-16)20(24)23-9-6-15(7-10-23)14-2-4-17(21)5-3-14/h2-6,8,11-12H,7,9-10H2,1H3. The van der Waals surface area contributed by atoms with E-state index in [1.54, 1.807) is 23.5 Å². The molecule has 3 heterocycles. The molecule has 1 aliphatic rings. The summed E-state index contributed by atoms with van der Waals surface area (Å²) in [5.74, 6) is -0.194. The van der Waals surface area contributed by atoms with Gasteiger partial charge in [-0.25, -0.2) is 9.37 Å². The van der Waals surface area contributed by atoms with Crippen LogP contribution in [-0.2, 0) is 0 Å². The maximum absolute atomic E-state index is 13.1. The van der Waals surface area contributed by atoms with E-state index in [1.165, 1.54) is 23.5 Å². The van der Waals surface area contributed by atoms with E-state index < -0.39 is 0 Å². The van der Waals surface area contributed by atoms with E-state index >= 15 is 0 Å². The number of nitrogens with zero attached hydrogens (tertiary/aromatic N) is 2. The third kappa shape index (κ3) is 3.34. The van der Waals surface area contributed by atoms with Gasteiger partial charge in [0.1, 0.15) is 15.7 Å². The maximum Gasteiger partial charge on any atom is 0.266 e. The highest BCUT2D eigenvalue weighted by molar-refractivity contribution is 7.17. The molecule has 26 heavy (non-hydrogen) atoms. The van der Waals surface area contributed by atoms with Gasteiger partial charge in [0.15, 0.2) is 0 Å². The number of halogens is 1. The fourth-order valence-electron chi connectivity index (χ4n) is 3.03. The van der Waals surface area contributed by atoms with Crippen molar-refractivity contribution in [3.8, 4) is 10.6 Å². The average molecular weight is 385 g/mol. The normalized spacial score (nSPS) is 14.4. The molecule has 4 rings (SSSR count). The van der Waals surface area contributed by atoms with E-state index in [0.29, 0.717) is 18.0 Å². The highest BCUT2D eigenvalue weighted by Gasteiger charge is 2.24. The zero-order valence-corrected chi connectivity index (χ0v) is 15.9. The molecular weight excluding hydrogens is 367 g/mol. The van der Waals surface area contributed by atoms with Crippen LogP contribution in [0.2, 0.25) is 0 Å². The van der Waals surface area contributed by atoms with Crippen LogP contribution < -0.4 is 0 Å². The molecule has 1 aromatic carbocycles. The van der Waals surface area contributed by atoms with Crippen LogP contribution in [0.5, 0.6) is 0 Å². The Balaban J connectivity index is 1.51. The van der Waals surface area contributed by atoms with Crippen molar-refractivity contribution in [3.05, 3.63) is 69.1 Å². The first-order valence-electron chi connectivity index (χ1n) is 8.36. The molecule has 0 radical (unpaired) electrons. The predicted octanol–water partition coefficient (Wildman–Crippen LogP) is 5.25. The minimum Gasteiger partial charge on any atom is -0.334 e. The fourth-order valence-corrected chi connectivity index (χ4v) is 4.77. The first-order valence-corrected chi connectivity index (χ1v) is 10.1. The molecule has 2 aromatic heterocycles. The summed E-state index contributed by atoms with van der Waals surface area (Å²) in [6.45, 7) is 3.12. The molecule has 3 nitrogen and oxygen atoms in total. The molecule has 0 fully saturated rings. The summed E-state index contributed by atoms with van der Waals surface area (Å²) in [5, 5.41) is 4.96. The molecular formula is C20H17FN2OS2. The van der Waals surface area contributed by atoms with Crippen LogP contribution in [0.1, 0.15) is 27.3 Å². The zero-order valence-electron chi connectivity index (χ0n) is 14.2. The lowest BCUT2D eigenvalue weighted by molar-refractivity contribution is 0.0776. The summed E-state index contributed by atoms with van der Waals surface area (Å²) in [6, 6.07) is 8.55. The van der Waals surface area contributed by atoms with Gasteiger partial charge in [-0.1, -0.05) is 18.2 Å². The van der Waals surface area contributed by atoms with Gasteiger partial charge in [0, 0.05) is 24.0 Å². The van der Waals surface area contributed by atoms with Gasteiger partial charge in [-0.3, -0.25) is 4.79 Å². The molecule has 0 N–H and O–H groups in total. The van der Waals surface area contributed by atoms with Crippen LogP contribution in [0.3, 0.4) is 0 Å². The lowest BCUT2D eigenvalue weighted by atomic mass is 9.99. The van der Waals surface area contributed by atoms with Crippen LogP contribution in [0.15, 0.2) is 47.2 Å². The molecule has 132 valence electrons. The van der Waals surface area contributed by atoms with E-state index in [0.717, 1.165) is 33.8 Å². The molecule has 0 bridgehead atoms. The first kappa shape index (κ1) is 17.1. The number of amides is 1. The highest BCUT2D eigenvalue weighted by Crippen LogP contribution is 2.31. The molecule has 0 atom stereocenters. The second-order valence-electron chi connectivity index (χ2n) is 6.18. The highest BCUT2D eigenvalue weighted by atomic mass is 32.1. The molecule has 3 aromatic rings. The van der Waals surface area contributed by atoms with E-state index in [1.807, 2.05) is 28.7 Å². The number of thiazole rings is 1. The second kappa shape index (κ2) is 7.13. The smallest absolute Gasteiger partial charge is 0.266 e. The summed E-state index contributed by atoms with van der Waals surface area (Å²) in [6.07, 6.45) is 2.83. The molecule has 1 amide bonds. The number of aromatic nitrogens is 1. The van der Waals surface area contributed by atoms with Gasteiger partial charge in [-0.2, -0.15) is 11.3 Å². The second-order valence-corrected chi connectivity index (χ2v) is 7.96. The quantitative estimate of drug-likeness (QED) is 0.618. The lowest BCUT2D eigenvalue weighted by Gasteiger charge is -2.26. The van der Waals surface area contributed by atoms with Crippen molar-refractivity contribution in [1.29, 1.82) is 0 Å². The number of hydrogen-bond acceptors (Lipinski definition) is 4. The number of rotatable bonds is 3. The van der Waals surface area contributed by atoms with Gasteiger partial charge in [0.2, 0.25) is 0 Å². The van der Waals surface area contributed by atoms with Crippen molar-refractivity contribution in [1.82, 2.24) is 9.88 Å². The summed E-state index contributed by atoms with van der Waals surface area (Å²) in [5.41, 5.74) is 4.04. The van der Waals surface area contributed by atoms with Crippen molar-refractivity contribution in [2.45, 2.75) is 13.3 Å². The van der Waals surface area contributed by atoms with Gasteiger partial charge >= 0.3 is 0 Å². The Hall–Kier alpha value is -2.31. The van der Waals surface area contributed by atoms with E-state index in [2.05, 4.69) is 11.1 Å². The summed E-state index contributed by atoms with van der Waals surface area (Å²) in [7, 11) is 0. The molecule has 0 saturated carbocycles. The third-order valence-corrected chi connectivity index (χ3v) is 6.35. The average Bonchev–Trinajstić information content (AvgIpc) is 3.31. The Morgan fingerprint density at radius 1 is 1.19 bits per heavy atom. The molecule has 1 aliphatic heterocycles. The van der Waals surface area contributed by atoms with Gasteiger partial charge < -0.3 is 4.90 Å². The lowest BCUT2D eigenvalue weighted by Crippen LogP contribution is -2.34. The molecule has 6 heteroatoms. The van der Waals surface area contributed by atoms with Crippen LogP contribution in [0.25, 0.3) is 16.1 Å². The monoisotopic (exact) mass is 384 g/mol. The molecule has 0 aliphatic carbocycles. The van der Waals surface area contributed by atoms with Gasteiger partial charge in [0.25, 0.3) is 5.91 Å². The van der Waals surface area contributed by atoms with E-state index in [4.69, 9.17) is 0 Å². The molecule has 0 spiro atoms. The van der Waals surface area contributed by atoms with Crippen LogP contribution in [0, 0.1) is 12.7 Å². The Labute approximate surface area is 159 Å². The van der Waals surface area contributed by atoms with Crippen molar-refractivity contribution in [3.63, 3.8) is 0 Å². The van der Waals surface area contributed by atoms with Gasteiger partial charge in [-0.15, -0.1) is 11.3 Å². The van der Waals surface area contributed by atoms with Crippen LogP contribution in [-0.4, -0.2) is 28.9 Å². The Morgan fingerprint density at radius 3 is 2.65 bits per heavy atom. The summed E-state index contributed by atoms with van der Waals surface area (Å²) < 4.78 is 13.1. The van der Waals surface area contributed by atoms with Crippen molar-refractivity contribution < 1.29 is 9.18 Å². The summed E-state index contributed by atoms with van der Waals surface area (Å²) >= 11 is 3.08. The number of thiophene rings is 1. The fraction of sp³-hybridized carbons (Fsp3) is 0.200. The minimum absolute atomic E-state index is 0.0379. The molecule has 0 saturated heterocycles. The van der Waals surface area contributed by atoms with E-state index in [-0.39, 0.29) is 11.7 Å². The Bertz CT molecular complexity index is 958. The summed E-state index contributed by atoms with van der Waals surface area (Å²) in [4.78, 5) is 20.0. The third-order valence-electron chi connectivity index (χ3n) is 4.47. The SMILES string of the molecule is Cc1nc(-c2ccsc2)sc1C(=O)N1CC=C(c2ccc(F)cc2)CC1. The number of carbonyl (C=O) groups is 1. The van der Waals surface area contributed by atoms with Crippen LogP contribution >= 0.6 is 22.7 Å². The largest absolute Gasteiger partial charge is 0.334 e. The Morgan fingerprint density at radius 2 is 2.00 bits per heavy atom. The molecule has 0 unspecified atom stereocenters. The number of carbonyl (C=O) groups excluding carboxylic acids is 1. The van der Waals surface area contributed by atoms with Crippen molar-refractivity contribution >= 4 is 34.2 Å². The zero-order chi connectivity index (χ0) is 18.1. The number of hydrogen-bond donors (Lipinski definition) is 0.